The van der Waals surface area contributed by atoms with E-state index in [0.29, 0.717) is 10.9 Å². The van der Waals surface area contributed by atoms with E-state index in [2.05, 4.69) is 32.9 Å². The Morgan fingerprint density at radius 2 is 2.26 bits per heavy atom. The van der Waals surface area contributed by atoms with Crippen molar-refractivity contribution in [3.05, 3.63) is 46.2 Å². The summed E-state index contributed by atoms with van der Waals surface area (Å²) in [6.07, 6.45) is 3.10. The number of rotatable bonds is 5. The summed E-state index contributed by atoms with van der Waals surface area (Å²) in [5.41, 5.74) is 7.04. The first kappa shape index (κ1) is 14.1. The normalized spacial score (nSPS) is 12.6. The lowest BCUT2D eigenvalue weighted by atomic mass is 10.0. The van der Waals surface area contributed by atoms with Gasteiger partial charge in [0, 0.05) is 23.5 Å². The van der Waals surface area contributed by atoms with Crippen molar-refractivity contribution in [3.63, 3.8) is 0 Å². The number of hydrogen-bond donors (Lipinski definition) is 1. The molecule has 1 heterocycles. The molecule has 1 unspecified atom stereocenters. The number of hydrogen-bond acceptors (Lipinski definition) is 3. The van der Waals surface area contributed by atoms with E-state index >= 15 is 0 Å². The first-order valence-corrected chi connectivity index (χ1v) is 6.98. The maximum absolute atomic E-state index is 13.1. The Bertz CT molecular complexity index is 555. The summed E-state index contributed by atoms with van der Waals surface area (Å²) in [6.45, 7) is 2.91. The second kappa shape index (κ2) is 6.25. The molecule has 0 saturated heterocycles. The Kier molecular flexibility index (Phi) is 4.66. The topological polar surface area (TPSA) is 56.7 Å². The zero-order chi connectivity index (χ0) is 13.8. The molecule has 1 atom stereocenters. The molecule has 0 saturated carbocycles. The predicted octanol–water partition coefficient (Wildman–Crippen LogP) is 2.83. The van der Waals surface area contributed by atoms with E-state index < -0.39 is 0 Å². The van der Waals surface area contributed by atoms with Gasteiger partial charge in [0.25, 0.3) is 0 Å². The molecular formula is C13H16BrFN4. The molecule has 19 heavy (non-hydrogen) atoms. The molecule has 0 aliphatic rings. The van der Waals surface area contributed by atoms with Crippen LogP contribution in [-0.2, 0) is 13.0 Å². The monoisotopic (exact) mass is 326 g/mol. The van der Waals surface area contributed by atoms with Crippen molar-refractivity contribution >= 4 is 15.9 Å². The van der Waals surface area contributed by atoms with Crippen LogP contribution in [0.25, 0.3) is 0 Å². The first-order chi connectivity index (χ1) is 9.11. The van der Waals surface area contributed by atoms with Crippen molar-refractivity contribution in [2.24, 2.45) is 5.73 Å². The van der Waals surface area contributed by atoms with Crippen molar-refractivity contribution in [1.82, 2.24) is 14.8 Å². The van der Waals surface area contributed by atoms with Gasteiger partial charge >= 0.3 is 0 Å². The quantitative estimate of drug-likeness (QED) is 0.919. The molecule has 4 nitrogen and oxygen atoms in total. The van der Waals surface area contributed by atoms with Crippen LogP contribution in [0.4, 0.5) is 4.39 Å². The Balaban J connectivity index is 2.16. The third kappa shape index (κ3) is 3.39. The highest BCUT2D eigenvalue weighted by Gasteiger charge is 2.14. The molecular weight excluding hydrogens is 311 g/mol. The predicted molar refractivity (Wildman–Crippen MR) is 75.0 cm³/mol. The number of nitrogens with two attached hydrogens (primary N) is 1. The highest BCUT2D eigenvalue weighted by atomic mass is 79.9. The summed E-state index contributed by atoms with van der Waals surface area (Å²) in [4.78, 5) is 4.23. The third-order valence-corrected chi connectivity index (χ3v) is 3.58. The molecule has 0 fully saturated rings. The van der Waals surface area contributed by atoms with E-state index in [4.69, 9.17) is 5.73 Å². The summed E-state index contributed by atoms with van der Waals surface area (Å²) in [7, 11) is 0. The van der Waals surface area contributed by atoms with Crippen LogP contribution < -0.4 is 5.73 Å². The number of aryl methyl sites for hydroxylation is 1. The molecule has 2 rings (SSSR count). The van der Waals surface area contributed by atoms with Gasteiger partial charge in [-0.25, -0.2) is 9.37 Å². The van der Waals surface area contributed by atoms with Crippen molar-refractivity contribution in [1.29, 1.82) is 0 Å². The van der Waals surface area contributed by atoms with Crippen LogP contribution in [0.2, 0.25) is 0 Å². The van der Waals surface area contributed by atoms with Crippen LogP contribution in [0.5, 0.6) is 0 Å². The largest absolute Gasteiger partial charge is 0.324 e. The van der Waals surface area contributed by atoms with Crippen molar-refractivity contribution < 1.29 is 4.39 Å². The lowest BCUT2D eigenvalue weighted by Gasteiger charge is -2.14. The Morgan fingerprint density at radius 3 is 2.95 bits per heavy atom. The highest BCUT2D eigenvalue weighted by molar-refractivity contribution is 9.10. The van der Waals surface area contributed by atoms with E-state index in [-0.39, 0.29) is 11.9 Å². The lowest BCUT2D eigenvalue weighted by Crippen LogP contribution is -2.17. The Hall–Kier alpha value is -1.27. The van der Waals surface area contributed by atoms with Gasteiger partial charge in [-0.2, -0.15) is 5.10 Å². The highest BCUT2D eigenvalue weighted by Crippen LogP contribution is 2.25. The fourth-order valence-corrected chi connectivity index (χ4v) is 2.60. The lowest BCUT2D eigenvalue weighted by molar-refractivity contribution is 0.547. The minimum absolute atomic E-state index is 0.241. The van der Waals surface area contributed by atoms with Gasteiger partial charge in [0.1, 0.15) is 18.0 Å². The Morgan fingerprint density at radius 1 is 1.47 bits per heavy atom. The zero-order valence-electron chi connectivity index (χ0n) is 10.7. The summed E-state index contributed by atoms with van der Waals surface area (Å²) < 4.78 is 15.6. The molecule has 0 amide bonds. The van der Waals surface area contributed by atoms with Gasteiger partial charge in [0.05, 0.1) is 0 Å². The maximum atomic E-state index is 13.1. The molecule has 1 aromatic heterocycles. The molecule has 1 aromatic carbocycles. The van der Waals surface area contributed by atoms with Crippen LogP contribution in [0, 0.1) is 5.82 Å². The van der Waals surface area contributed by atoms with Gasteiger partial charge in [0.2, 0.25) is 0 Å². The minimum atomic E-state index is -0.281. The third-order valence-electron chi connectivity index (χ3n) is 2.90. The van der Waals surface area contributed by atoms with Gasteiger partial charge in [0.15, 0.2) is 0 Å². The maximum Gasteiger partial charge on any atom is 0.138 e. The fourth-order valence-electron chi connectivity index (χ4n) is 1.95. The van der Waals surface area contributed by atoms with E-state index in [1.807, 2.05) is 4.68 Å². The van der Waals surface area contributed by atoms with Gasteiger partial charge in [-0.15, -0.1) is 0 Å². The van der Waals surface area contributed by atoms with Crippen LogP contribution >= 0.6 is 15.9 Å². The molecule has 0 spiro atoms. The SMILES string of the molecule is CCCn1ncnc1CC(N)c1ccc(F)cc1Br. The van der Waals surface area contributed by atoms with E-state index in [1.165, 1.54) is 18.5 Å². The van der Waals surface area contributed by atoms with Gasteiger partial charge in [-0.1, -0.05) is 28.9 Å². The minimum Gasteiger partial charge on any atom is -0.324 e. The second-order valence-corrected chi connectivity index (χ2v) is 5.23. The molecule has 102 valence electrons. The van der Waals surface area contributed by atoms with Crippen LogP contribution in [-0.4, -0.2) is 14.8 Å². The number of aromatic nitrogens is 3. The number of halogens is 2. The van der Waals surface area contributed by atoms with Gasteiger partial charge < -0.3 is 5.73 Å². The summed E-state index contributed by atoms with van der Waals surface area (Å²) in [5.74, 6) is 0.572. The second-order valence-electron chi connectivity index (χ2n) is 4.38. The van der Waals surface area contributed by atoms with Crippen LogP contribution in [0.3, 0.4) is 0 Å². The number of benzene rings is 1. The molecule has 0 aliphatic heterocycles. The summed E-state index contributed by atoms with van der Waals surface area (Å²) in [5, 5.41) is 4.17. The van der Waals surface area contributed by atoms with Gasteiger partial charge in [-0.05, 0) is 24.1 Å². The first-order valence-electron chi connectivity index (χ1n) is 6.19. The zero-order valence-corrected chi connectivity index (χ0v) is 12.3. The van der Waals surface area contributed by atoms with Gasteiger partial charge in [-0.3, -0.25) is 4.68 Å². The average Bonchev–Trinajstić information content (AvgIpc) is 2.77. The molecule has 0 bridgehead atoms. The van der Waals surface area contributed by atoms with Crippen molar-refractivity contribution in [3.8, 4) is 0 Å². The molecule has 2 aromatic rings. The number of nitrogens with zero attached hydrogens (tertiary/aromatic N) is 3. The van der Waals surface area contributed by atoms with Crippen LogP contribution in [0.15, 0.2) is 29.0 Å². The summed E-state index contributed by atoms with van der Waals surface area (Å²) in [6, 6.07) is 4.29. The van der Waals surface area contributed by atoms with E-state index in [1.54, 1.807) is 6.07 Å². The molecule has 0 aliphatic carbocycles. The van der Waals surface area contributed by atoms with E-state index in [0.717, 1.165) is 24.4 Å². The Labute approximate surface area is 120 Å². The smallest absolute Gasteiger partial charge is 0.138 e. The van der Waals surface area contributed by atoms with E-state index in [9.17, 15) is 4.39 Å². The van der Waals surface area contributed by atoms with Crippen LogP contribution in [0.1, 0.15) is 30.8 Å². The van der Waals surface area contributed by atoms with Crippen molar-refractivity contribution in [2.45, 2.75) is 32.4 Å². The van der Waals surface area contributed by atoms with Crippen molar-refractivity contribution in [2.75, 3.05) is 0 Å². The standard InChI is InChI=1S/C13H16BrFN4/c1-2-5-19-13(17-8-18-19)7-12(16)10-4-3-9(15)6-11(10)14/h3-4,6,8,12H,2,5,7,16H2,1H3. The summed E-state index contributed by atoms with van der Waals surface area (Å²) >= 11 is 3.34. The average molecular weight is 327 g/mol. The molecule has 0 radical (unpaired) electrons. The fraction of sp³-hybridized carbons (Fsp3) is 0.385. The molecule has 6 heteroatoms. The molecule has 2 N–H and O–H groups in total.